The molecule has 0 radical (unpaired) electrons. The number of aromatic nitrogens is 4. The van der Waals surface area contributed by atoms with Gasteiger partial charge in [-0.2, -0.15) is 0 Å². The largest absolute Gasteiger partial charge is 0.412 e. The zero-order valence-corrected chi connectivity index (χ0v) is 14.8. The summed E-state index contributed by atoms with van der Waals surface area (Å²) in [5.74, 6) is 0. The molecule has 0 aliphatic heterocycles. The van der Waals surface area contributed by atoms with E-state index in [-0.39, 0.29) is 27.8 Å². The van der Waals surface area contributed by atoms with E-state index in [9.17, 15) is 9.59 Å². The maximum Gasteiger partial charge on any atom is 0.272 e. The fourth-order valence-corrected chi connectivity index (χ4v) is 2.27. The average Bonchev–Trinajstić information content (AvgIpc) is 3.08. The molecule has 136 valence electrons. The summed E-state index contributed by atoms with van der Waals surface area (Å²) in [5, 5.41) is 0.0253. The number of H-pyrrole nitrogens is 2. The van der Waals surface area contributed by atoms with E-state index in [4.69, 9.17) is 1.37 Å². The molecule has 0 fully saturated rings. The summed E-state index contributed by atoms with van der Waals surface area (Å²) in [5.41, 5.74) is -0.0911. The molecule has 0 aliphatic carbocycles. The van der Waals surface area contributed by atoms with Gasteiger partial charge in [0, 0.05) is 11.7 Å². The van der Waals surface area contributed by atoms with Gasteiger partial charge >= 0.3 is 0 Å². The van der Waals surface area contributed by atoms with E-state index in [1.54, 1.807) is 18.6 Å². The lowest BCUT2D eigenvalue weighted by molar-refractivity contribution is 0.396. The first-order chi connectivity index (χ1) is 12.3. The van der Waals surface area contributed by atoms with Gasteiger partial charge in [-0.3, -0.25) is 9.59 Å². The zero-order chi connectivity index (χ0) is 18.9. The first kappa shape index (κ1) is 17.6. The molecule has 3 aromatic rings. The number of hydrogen-bond acceptors (Lipinski definition) is 3. The summed E-state index contributed by atoms with van der Waals surface area (Å²) in [6, 6.07) is 9.07. The van der Waals surface area contributed by atoms with Crippen LogP contribution in [0.1, 0.15) is 33.4 Å². The number of nitrogens with one attached hydrogen (secondary N) is 2. The second kappa shape index (κ2) is 7.37. The molecule has 26 heavy (non-hydrogen) atoms. The Bertz CT molecular complexity index is 1170. The highest BCUT2D eigenvalue weighted by molar-refractivity contribution is 5.47. The molecule has 2 heterocycles. The normalized spacial score (nSPS) is 13.8. The fraction of sp³-hybridized carbons (Fsp3) is 0.211. The molecule has 0 bridgehead atoms. The fourth-order valence-electron chi connectivity index (χ4n) is 2.27. The number of rotatable bonds is 2. The van der Waals surface area contributed by atoms with Crippen molar-refractivity contribution in [2.45, 2.75) is 26.3 Å². The van der Waals surface area contributed by atoms with Crippen molar-refractivity contribution in [3.63, 3.8) is 0 Å². The van der Waals surface area contributed by atoms with Crippen molar-refractivity contribution >= 4 is 12.1 Å². The van der Waals surface area contributed by atoms with Gasteiger partial charge in [-0.25, -0.2) is 4.98 Å². The van der Waals surface area contributed by atoms with E-state index in [1.807, 2.05) is 55.7 Å². The van der Waals surface area contributed by atoms with E-state index >= 15 is 0 Å². The van der Waals surface area contributed by atoms with Crippen LogP contribution in [0.25, 0.3) is 12.1 Å². The van der Waals surface area contributed by atoms with Gasteiger partial charge in [-0.05, 0) is 38.5 Å². The highest BCUT2D eigenvalue weighted by atomic mass is 16.1. The minimum atomic E-state index is -0.540. The third kappa shape index (κ3) is 4.25. The SMILES string of the molecule is O.[2H]/C(c1cn(C(C)(C)C)cn1)=c1/[nH]c(=O)/c(=C/c2ccccc2)[nH]c1=O. The third-order valence-corrected chi connectivity index (χ3v) is 3.68. The van der Waals surface area contributed by atoms with E-state index in [0.29, 0.717) is 5.69 Å². The van der Waals surface area contributed by atoms with Gasteiger partial charge in [0.1, 0.15) is 10.7 Å². The molecule has 3 rings (SSSR count). The Kier molecular flexibility index (Phi) is 4.99. The average molecular weight is 355 g/mol. The van der Waals surface area contributed by atoms with Gasteiger partial charge in [-0.15, -0.1) is 0 Å². The van der Waals surface area contributed by atoms with Crippen LogP contribution in [0.5, 0.6) is 0 Å². The highest BCUT2D eigenvalue weighted by Crippen LogP contribution is 2.13. The van der Waals surface area contributed by atoms with Crippen LogP contribution in [0.15, 0.2) is 52.4 Å². The molecule has 4 N–H and O–H groups in total. The molecule has 1 aromatic carbocycles. The molecule has 0 spiro atoms. The van der Waals surface area contributed by atoms with Gasteiger partial charge in [0.25, 0.3) is 11.1 Å². The maximum absolute atomic E-state index is 12.4. The standard InChI is InChI=1S/C19H20N4O2.H2O/c1-19(2,3)23-11-14(20-12-23)10-16-18(25)21-15(17(24)22-16)9-13-7-5-4-6-8-13;/h4-12H,1-3H3,(H,21,25)(H,22,24);1H2/b15-9-,16-10-;/i10D;. The summed E-state index contributed by atoms with van der Waals surface area (Å²) < 4.78 is 10.1. The summed E-state index contributed by atoms with van der Waals surface area (Å²) in [6.45, 7) is 6.01. The minimum Gasteiger partial charge on any atom is -0.412 e. The third-order valence-electron chi connectivity index (χ3n) is 3.68. The van der Waals surface area contributed by atoms with Crippen molar-refractivity contribution in [1.82, 2.24) is 19.5 Å². The van der Waals surface area contributed by atoms with Crippen LogP contribution in [0, 0.1) is 0 Å². The monoisotopic (exact) mass is 355 g/mol. The Balaban J connectivity index is 0.00000261. The number of hydrogen-bond donors (Lipinski definition) is 2. The van der Waals surface area contributed by atoms with Crippen LogP contribution >= 0.6 is 0 Å². The topological polar surface area (TPSA) is 115 Å². The van der Waals surface area contributed by atoms with E-state index in [0.717, 1.165) is 5.56 Å². The first-order valence-corrected chi connectivity index (χ1v) is 7.91. The molecule has 2 aromatic heterocycles. The van der Waals surface area contributed by atoms with Gasteiger partial charge < -0.3 is 20.0 Å². The minimum absolute atomic E-state index is 0. The molecule has 0 aliphatic rings. The molecule has 0 amide bonds. The number of benzene rings is 1. The molecular weight excluding hydrogens is 332 g/mol. The molecule has 7 nitrogen and oxygen atoms in total. The maximum atomic E-state index is 12.4. The second-order valence-corrected chi connectivity index (χ2v) is 6.71. The van der Waals surface area contributed by atoms with Crippen molar-refractivity contribution in [2.75, 3.05) is 0 Å². The highest BCUT2D eigenvalue weighted by Gasteiger charge is 2.12. The number of aromatic amines is 2. The predicted octanol–water partition coefficient (Wildman–Crippen LogP) is -0.152. The van der Waals surface area contributed by atoms with Crippen LogP contribution in [0.4, 0.5) is 0 Å². The Hall–Kier alpha value is -3.19. The second-order valence-electron chi connectivity index (χ2n) is 6.71. The van der Waals surface area contributed by atoms with E-state index < -0.39 is 11.1 Å². The molecule has 0 saturated heterocycles. The van der Waals surface area contributed by atoms with Crippen molar-refractivity contribution in [1.29, 1.82) is 0 Å². The molecule has 0 atom stereocenters. The summed E-state index contributed by atoms with van der Waals surface area (Å²) in [4.78, 5) is 33.9. The van der Waals surface area contributed by atoms with Crippen molar-refractivity contribution in [3.05, 3.63) is 85.5 Å². The Morgan fingerprint density at radius 3 is 2.31 bits per heavy atom. The smallest absolute Gasteiger partial charge is 0.272 e. The summed E-state index contributed by atoms with van der Waals surface area (Å²) in [6.07, 6.45) is 4.87. The Morgan fingerprint density at radius 2 is 1.69 bits per heavy atom. The van der Waals surface area contributed by atoms with Gasteiger partial charge in [0.15, 0.2) is 0 Å². The van der Waals surface area contributed by atoms with Crippen molar-refractivity contribution in [3.8, 4) is 0 Å². The molecule has 0 unspecified atom stereocenters. The van der Waals surface area contributed by atoms with Gasteiger partial charge in [0.05, 0.1) is 13.4 Å². The van der Waals surface area contributed by atoms with E-state index in [2.05, 4.69) is 15.0 Å². The van der Waals surface area contributed by atoms with Gasteiger partial charge in [-0.1, -0.05) is 30.3 Å². The van der Waals surface area contributed by atoms with E-state index in [1.165, 1.54) is 0 Å². The lowest BCUT2D eigenvalue weighted by atomic mass is 10.1. The quantitative estimate of drug-likeness (QED) is 0.666. The van der Waals surface area contributed by atoms with Crippen LogP contribution in [-0.2, 0) is 5.54 Å². The molecule has 7 heteroatoms. The summed E-state index contributed by atoms with van der Waals surface area (Å²) in [7, 11) is 0. The summed E-state index contributed by atoms with van der Waals surface area (Å²) >= 11 is 0. The van der Waals surface area contributed by atoms with Crippen LogP contribution in [-0.4, -0.2) is 25.0 Å². The van der Waals surface area contributed by atoms with Gasteiger partial charge in [0.2, 0.25) is 0 Å². The predicted molar refractivity (Wildman–Crippen MR) is 101 cm³/mol. The van der Waals surface area contributed by atoms with Crippen LogP contribution in [0.2, 0.25) is 0 Å². The number of imidazole rings is 1. The van der Waals surface area contributed by atoms with Crippen molar-refractivity contribution < 1.29 is 6.85 Å². The Labute approximate surface area is 151 Å². The van der Waals surface area contributed by atoms with Crippen LogP contribution in [0.3, 0.4) is 0 Å². The lowest BCUT2D eigenvalue weighted by Gasteiger charge is -2.19. The number of nitrogens with zero attached hydrogens (tertiary/aromatic N) is 2. The molecule has 0 saturated carbocycles. The van der Waals surface area contributed by atoms with Crippen molar-refractivity contribution in [2.24, 2.45) is 0 Å². The molecular formula is C19H22N4O3. The lowest BCUT2D eigenvalue weighted by Crippen LogP contribution is -2.46. The zero-order valence-electron chi connectivity index (χ0n) is 15.8. The Morgan fingerprint density at radius 1 is 1.08 bits per heavy atom. The van der Waals surface area contributed by atoms with Crippen LogP contribution < -0.4 is 21.8 Å². The first-order valence-electron chi connectivity index (χ1n) is 8.41.